The maximum atomic E-state index is 12.4. The smallest absolute Gasteiger partial charge is 0.317 e. The van der Waals surface area contributed by atoms with Gasteiger partial charge in [-0.2, -0.15) is 0 Å². The molecule has 0 unspecified atom stereocenters. The minimum Gasteiger partial charge on any atom is -0.481 e. The highest BCUT2D eigenvalue weighted by Gasteiger charge is 2.26. The summed E-state index contributed by atoms with van der Waals surface area (Å²) in [7, 11) is 0. The van der Waals surface area contributed by atoms with Crippen molar-refractivity contribution in [1.29, 1.82) is 0 Å². The van der Waals surface area contributed by atoms with Gasteiger partial charge in [0.05, 0.1) is 6.42 Å². The molecule has 0 saturated heterocycles. The SMILES string of the molecule is O=C(O)CCNC(=O)N(CCc1ccccc1)C1CCCC1. The molecule has 1 saturated carbocycles. The topological polar surface area (TPSA) is 69.6 Å². The third kappa shape index (κ3) is 5.06. The van der Waals surface area contributed by atoms with Crippen LogP contribution in [-0.2, 0) is 11.2 Å². The Morgan fingerprint density at radius 2 is 1.86 bits per heavy atom. The van der Waals surface area contributed by atoms with Gasteiger partial charge in [0.1, 0.15) is 0 Å². The Bertz CT molecular complexity index is 484. The van der Waals surface area contributed by atoms with Crippen molar-refractivity contribution in [2.45, 2.75) is 44.6 Å². The van der Waals surface area contributed by atoms with Crippen LogP contribution in [0.25, 0.3) is 0 Å². The summed E-state index contributed by atoms with van der Waals surface area (Å²) >= 11 is 0. The van der Waals surface area contributed by atoms with Crippen LogP contribution in [0.1, 0.15) is 37.7 Å². The zero-order valence-corrected chi connectivity index (χ0v) is 12.8. The first-order valence-corrected chi connectivity index (χ1v) is 7.97. The van der Waals surface area contributed by atoms with E-state index in [-0.39, 0.29) is 25.0 Å². The van der Waals surface area contributed by atoms with Gasteiger partial charge >= 0.3 is 12.0 Å². The minimum atomic E-state index is -0.892. The molecular formula is C17H24N2O3. The number of carboxylic acids is 1. The van der Waals surface area contributed by atoms with E-state index in [2.05, 4.69) is 17.4 Å². The molecule has 1 fully saturated rings. The molecule has 0 bridgehead atoms. The van der Waals surface area contributed by atoms with Gasteiger partial charge in [-0.05, 0) is 24.8 Å². The van der Waals surface area contributed by atoms with Crippen LogP contribution in [0.5, 0.6) is 0 Å². The van der Waals surface area contributed by atoms with Crippen LogP contribution < -0.4 is 5.32 Å². The van der Waals surface area contributed by atoms with Crippen LogP contribution in [0.2, 0.25) is 0 Å². The molecule has 2 rings (SSSR count). The molecular weight excluding hydrogens is 280 g/mol. The lowest BCUT2D eigenvalue weighted by molar-refractivity contribution is -0.136. The number of nitrogens with one attached hydrogen (secondary N) is 1. The Labute approximate surface area is 131 Å². The number of hydrogen-bond acceptors (Lipinski definition) is 2. The van der Waals surface area contributed by atoms with Gasteiger partial charge in [0, 0.05) is 19.1 Å². The largest absolute Gasteiger partial charge is 0.481 e. The normalized spacial score (nSPS) is 14.7. The second-order valence-electron chi connectivity index (χ2n) is 5.74. The van der Waals surface area contributed by atoms with Crippen LogP contribution in [0.4, 0.5) is 4.79 Å². The predicted molar refractivity (Wildman–Crippen MR) is 84.8 cm³/mol. The number of urea groups is 1. The lowest BCUT2D eigenvalue weighted by Crippen LogP contribution is -2.46. The number of nitrogens with zero attached hydrogens (tertiary/aromatic N) is 1. The molecule has 5 nitrogen and oxygen atoms in total. The summed E-state index contributed by atoms with van der Waals surface area (Å²) in [5.74, 6) is -0.892. The van der Waals surface area contributed by atoms with Crippen molar-refractivity contribution in [3.8, 4) is 0 Å². The number of amides is 2. The van der Waals surface area contributed by atoms with E-state index in [4.69, 9.17) is 5.11 Å². The Morgan fingerprint density at radius 1 is 1.18 bits per heavy atom. The summed E-state index contributed by atoms with van der Waals surface area (Å²) in [5.41, 5.74) is 1.21. The average molecular weight is 304 g/mol. The van der Waals surface area contributed by atoms with Crippen LogP contribution >= 0.6 is 0 Å². The standard InChI is InChI=1S/C17H24N2O3/c20-16(21)10-12-18-17(22)19(15-8-4-5-9-15)13-11-14-6-2-1-3-7-14/h1-3,6-7,15H,4-5,8-13H2,(H,18,22)(H,20,21). The average Bonchev–Trinajstić information content (AvgIpc) is 3.02. The van der Waals surface area contributed by atoms with E-state index in [0.717, 1.165) is 32.1 Å². The Hall–Kier alpha value is -2.04. The number of rotatable bonds is 7. The van der Waals surface area contributed by atoms with E-state index in [1.165, 1.54) is 5.56 Å². The van der Waals surface area contributed by atoms with Crippen LogP contribution in [0, 0.1) is 0 Å². The number of benzene rings is 1. The molecule has 5 heteroatoms. The lowest BCUT2D eigenvalue weighted by atomic mass is 10.1. The Morgan fingerprint density at radius 3 is 2.50 bits per heavy atom. The van der Waals surface area contributed by atoms with E-state index >= 15 is 0 Å². The summed E-state index contributed by atoms with van der Waals surface area (Å²) in [6.45, 7) is 0.857. The first-order valence-electron chi connectivity index (χ1n) is 7.97. The zero-order valence-electron chi connectivity index (χ0n) is 12.8. The number of hydrogen-bond donors (Lipinski definition) is 2. The molecule has 2 amide bonds. The van der Waals surface area contributed by atoms with Crippen LogP contribution in [0.3, 0.4) is 0 Å². The fraction of sp³-hybridized carbons (Fsp3) is 0.529. The summed E-state index contributed by atoms with van der Waals surface area (Å²) in [6.07, 6.45) is 5.19. The van der Waals surface area contributed by atoms with Gasteiger partial charge in [0.2, 0.25) is 0 Å². The molecule has 0 spiro atoms. The van der Waals surface area contributed by atoms with Gasteiger partial charge < -0.3 is 15.3 Å². The quantitative estimate of drug-likeness (QED) is 0.813. The van der Waals surface area contributed by atoms with Gasteiger partial charge in [-0.3, -0.25) is 4.79 Å². The van der Waals surface area contributed by atoms with Crippen molar-refractivity contribution >= 4 is 12.0 Å². The second kappa shape index (κ2) is 8.41. The van der Waals surface area contributed by atoms with Crippen molar-refractivity contribution in [2.75, 3.05) is 13.1 Å². The van der Waals surface area contributed by atoms with Gasteiger partial charge in [0.15, 0.2) is 0 Å². The minimum absolute atomic E-state index is 0.0388. The first-order chi connectivity index (χ1) is 10.7. The van der Waals surface area contributed by atoms with E-state index in [1.54, 1.807) is 0 Å². The fourth-order valence-electron chi connectivity index (χ4n) is 2.94. The molecule has 1 aromatic carbocycles. The van der Waals surface area contributed by atoms with Crippen molar-refractivity contribution in [2.24, 2.45) is 0 Å². The van der Waals surface area contributed by atoms with Crippen molar-refractivity contribution in [1.82, 2.24) is 10.2 Å². The molecule has 1 aliphatic rings. The van der Waals surface area contributed by atoms with Gasteiger partial charge in [-0.25, -0.2) is 4.79 Å². The number of carbonyl (C=O) groups excluding carboxylic acids is 1. The summed E-state index contributed by atoms with van der Waals surface area (Å²) in [6, 6.07) is 10.3. The summed E-state index contributed by atoms with van der Waals surface area (Å²) < 4.78 is 0. The van der Waals surface area contributed by atoms with Gasteiger partial charge in [0.25, 0.3) is 0 Å². The van der Waals surface area contributed by atoms with Gasteiger partial charge in [-0.15, -0.1) is 0 Å². The van der Waals surface area contributed by atoms with E-state index in [0.29, 0.717) is 6.54 Å². The highest BCUT2D eigenvalue weighted by Crippen LogP contribution is 2.23. The van der Waals surface area contributed by atoms with E-state index < -0.39 is 5.97 Å². The molecule has 1 aliphatic carbocycles. The number of aliphatic carboxylic acids is 1. The third-order valence-corrected chi connectivity index (χ3v) is 4.13. The molecule has 22 heavy (non-hydrogen) atoms. The third-order valence-electron chi connectivity index (χ3n) is 4.13. The molecule has 120 valence electrons. The fourth-order valence-corrected chi connectivity index (χ4v) is 2.94. The van der Waals surface area contributed by atoms with Gasteiger partial charge in [-0.1, -0.05) is 43.2 Å². The molecule has 0 atom stereocenters. The van der Waals surface area contributed by atoms with Crippen LogP contribution in [-0.4, -0.2) is 41.1 Å². The highest BCUT2D eigenvalue weighted by atomic mass is 16.4. The molecule has 0 radical (unpaired) electrons. The van der Waals surface area contributed by atoms with Crippen LogP contribution in [0.15, 0.2) is 30.3 Å². The zero-order chi connectivity index (χ0) is 15.8. The molecule has 0 heterocycles. The predicted octanol–water partition coefficient (Wildman–Crippen LogP) is 2.66. The Kier molecular flexibility index (Phi) is 6.25. The lowest BCUT2D eigenvalue weighted by Gasteiger charge is -2.29. The monoisotopic (exact) mass is 304 g/mol. The number of carboxylic acid groups (broad SMARTS) is 1. The van der Waals surface area contributed by atoms with Crippen molar-refractivity contribution < 1.29 is 14.7 Å². The maximum Gasteiger partial charge on any atom is 0.317 e. The molecule has 2 N–H and O–H groups in total. The van der Waals surface area contributed by atoms with E-state index in [9.17, 15) is 9.59 Å². The van der Waals surface area contributed by atoms with Crippen molar-refractivity contribution in [3.05, 3.63) is 35.9 Å². The van der Waals surface area contributed by atoms with Crippen molar-refractivity contribution in [3.63, 3.8) is 0 Å². The molecule has 0 aliphatic heterocycles. The summed E-state index contributed by atoms with van der Waals surface area (Å²) in [5, 5.41) is 11.4. The maximum absolute atomic E-state index is 12.4. The summed E-state index contributed by atoms with van der Waals surface area (Å²) in [4.78, 5) is 24.8. The molecule has 1 aromatic rings. The number of carbonyl (C=O) groups is 2. The van der Waals surface area contributed by atoms with E-state index in [1.807, 2.05) is 23.1 Å². The first kappa shape index (κ1) is 16.3. The Balaban J connectivity index is 1.90. The second-order valence-corrected chi connectivity index (χ2v) is 5.74. The molecule has 0 aromatic heterocycles. The highest BCUT2D eigenvalue weighted by molar-refractivity contribution is 5.75.